The van der Waals surface area contributed by atoms with Gasteiger partial charge in [-0.25, -0.2) is 0 Å². The molecule has 0 saturated heterocycles. The molecule has 0 unspecified atom stereocenters. The second kappa shape index (κ2) is 9.62. The number of carbonyl (C=O) groups is 1. The molecule has 1 heterocycles. The molecule has 1 aromatic carbocycles. The Balaban J connectivity index is 0.000000648. The monoisotopic (exact) mass is 471 g/mol. The zero-order valence-electron chi connectivity index (χ0n) is 11.6. The first-order valence-corrected chi connectivity index (χ1v) is 9.75. The van der Waals surface area contributed by atoms with E-state index in [1.165, 1.54) is 12.1 Å². The van der Waals surface area contributed by atoms with E-state index in [9.17, 15) is 14.9 Å². The molecule has 13 nitrogen and oxygen atoms in total. The Morgan fingerprint density at radius 1 is 1.42 bits per heavy atom. The van der Waals surface area contributed by atoms with Crippen LogP contribution in [-0.2, 0) is 9.36 Å². The summed E-state index contributed by atoms with van der Waals surface area (Å²) in [5, 5.41) is 35.6. The van der Waals surface area contributed by atoms with Gasteiger partial charge < -0.3 is 9.79 Å². The van der Waals surface area contributed by atoms with E-state index in [0.29, 0.717) is 3.51 Å². The van der Waals surface area contributed by atoms with Gasteiger partial charge in [0, 0.05) is 0 Å². The van der Waals surface area contributed by atoms with Gasteiger partial charge in [-0.1, -0.05) is 0 Å². The molecule has 2 aromatic rings. The first kappa shape index (κ1) is 20.4. The molecule has 131 valence electrons. The molecule has 0 aliphatic heterocycles. The summed E-state index contributed by atoms with van der Waals surface area (Å²) < 4.78 is 16.6. The van der Waals surface area contributed by atoms with Crippen LogP contribution in [0, 0.1) is 10.1 Å². The minimum Gasteiger partial charge on any atom is -0.326 e. The van der Waals surface area contributed by atoms with Crippen molar-refractivity contribution in [1.82, 2.24) is 13.8 Å². The summed E-state index contributed by atoms with van der Waals surface area (Å²) in [6.07, 6.45) is 0. The number of nitro benzene ring substituents is 1. The molecule has 0 fully saturated rings. The predicted octanol–water partition coefficient (Wildman–Crippen LogP) is -2.23. The first-order valence-electron chi connectivity index (χ1n) is 5.89. The third-order valence-electron chi connectivity index (χ3n) is 2.39. The van der Waals surface area contributed by atoms with E-state index in [-0.39, 0.29) is 16.7 Å². The number of carboxylic acid groups (broad SMARTS) is 1. The Bertz CT molecular complexity index is 750. The Morgan fingerprint density at radius 2 is 2.00 bits per heavy atom. The van der Waals surface area contributed by atoms with Crippen LogP contribution >= 0.6 is 8.25 Å². The number of aromatic nitrogens is 2. The number of nitrogens with zero attached hydrogens (tertiary/aromatic N) is 3. The third kappa shape index (κ3) is 5.78. The topological polar surface area (TPSA) is 209 Å². The number of aliphatic hydroxyl groups is 1. The fraction of sp³-hybridized carbons (Fsp3) is 0.222. The number of aliphatic hydroxyl groups excluding tert-OH is 1. The quantitative estimate of drug-likeness (QED) is 0.131. The van der Waals surface area contributed by atoms with Gasteiger partial charge in [0.05, 0.1) is 0 Å². The van der Waals surface area contributed by atoms with Crippen LogP contribution in [0.4, 0.5) is 5.69 Å². The van der Waals surface area contributed by atoms with Crippen LogP contribution in [0.5, 0.6) is 0 Å². The SMILES string of the molecule is O=C(O)[C@H](CO)[NH][Sb][c]1ccc([N+](=O)[O-])c2nonc12.O=[PH](O)O. The van der Waals surface area contributed by atoms with Crippen molar-refractivity contribution in [2.24, 2.45) is 0 Å². The van der Waals surface area contributed by atoms with E-state index in [2.05, 4.69) is 18.4 Å². The van der Waals surface area contributed by atoms with Crippen LogP contribution in [-0.4, -0.2) is 75.7 Å². The fourth-order valence-electron chi connectivity index (χ4n) is 1.40. The van der Waals surface area contributed by atoms with Gasteiger partial charge in [-0.05, 0) is 0 Å². The standard InChI is InChI=1S/C6H2N3O3.C3H6NO3.H3O3P.Sb/c10-9(11)5-3-1-2-4-6(5)8-12-7-4;4-2(1-5)3(6)7;1-4(2)3;/h1,3H;2,4-5H,1H2,(H,6,7);4H,(H2,1,2,3);/q;-1;;+1/t;2-;;/m.0../s1. The summed E-state index contributed by atoms with van der Waals surface area (Å²) in [4.78, 5) is 35.3. The molecule has 1 aromatic heterocycles. The molecule has 0 amide bonds. The maximum absolute atomic E-state index is 10.8. The first-order chi connectivity index (χ1) is 11.3. The van der Waals surface area contributed by atoms with E-state index in [4.69, 9.17) is 24.6 Å². The Hall–Kier alpha value is -1.62. The van der Waals surface area contributed by atoms with Gasteiger partial charge in [0.2, 0.25) is 0 Å². The van der Waals surface area contributed by atoms with Gasteiger partial charge in [0.1, 0.15) is 0 Å². The second-order valence-corrected chi connectivity index (χ2v) is 7.23. The molecule has 1 radical (unpaired) electrons. The number of hydrogen-bond donors (Lipinski definition) is 5. The maximum Gasteiger partial charge on any atom is 0.314 e. The smallest absolute Gasteiger partial charge is 0.314 e. The van der Waals surface area contributed by atoms with E-state index < -0.39 is 53.7 Å². The van der Waals surface area contributed by atoms with Crippen molar-refractivity contribution in [3.8, 4) is 0 Å². The zero-order valence-corrected chi connectivity index (χ0v) is 15.1. The van der Waals surface area contributed by atoms with Gasteiger partial charge in [-0.15, -0.1) is 0 Å². The van der Waals surface area contributed by atoms with Crippen LogP contribution in [0.3, 0.4) is 0 Å². The van der Waals surface area contributed by atoms with Crippen molar-refractivity contribution >= 4 is 56.3 Å². The van der Waals surface area contributed by atoms with Crippen molar-refractivity contribution in [3.05, 3.63) is 22.2 Å². The number of aliphatic carboxylic acids is 1. The number of rotatable bonds is 6. The molecule has 2 rings (SSSR count). The predicted molar refractivity (Wildman–Crippen MR) is 78.9 cm³/mol. The minimum absolute atomic E-state index is 0.0284. The van der Waals surface area contributed by atoms with Crippen molar-refractivity contribution in [2.75, 3.05) is 6.61 Å². The Kier molecular flexibility index (Phi) is 8.19. The maximum atomic E-state index is 10.8. The number of hydrogen-bond acceptors (Lipinski definition) is 9. The molecule has 1 atom stereocenters. The van der Waals surface area contributed by atoms with Crippen LogP contribution in [0.15, 0.2) is 16.8 Å². The van der Waals surface area contributed by atoms with Crippen molar-refractivity contribution in [3.63, 3.8) is 0 Å². The number of carboxylic acids is 1. The van der Waals surface area contributed by atoms with Gasteiger partial charge in [0.25, 0.3) is 0 Å². The average Bonchev–Trinajstić information content (AvgIpc) is 2.96. The van der Waals surface area contributed by atoms with Crippen LogP contribution in [0.2, 0.25) is 0 Å². The molecule has 5 N–H and O–H groups in total. The number of nitro groups is 1. The molecule has 0 saturated carbocycles. The molecule has 0 spiro atoms. The van der Waals surface area contributed by atoms with Gasteiger partial charge >= 0.3 is 130 Å². The molecule has 24 heavy (non-hydrogen) atoms. The molecular weight excluding hydrogens is 461 g/mol. The van der Waals surface area contributed by atoms with Gasteiger partial charge in [0.15, 0.2) is 0 Å². The molecule has 0 aliphatic rings. The fourth-order valence-corrected chi connectivity index (χ4v) is 3.94. The van der Waals surface area contributed by atoms with Crippen LogP contribution < -0.4 is 6.99 Å². The molecule has 15 heteroatoms. The molecule has 0 bridgehead atoms. The third-order valence-corrected chi connectivity index (χ3v) is 5.37. The normalized spacial score (nSPS) is 11.8. The van der Waals surface area contributed by atoms with Crippen LogP contribution in [0.1, 0.15) is 0 Å². The van der Waals surface area contributed by atoms with Gasteiger partial charge in [-0.3, -0.25) is 4.57 Å². The number of non-ortho nitro benzene ring substituents is 1. The number of nitrogens with one attached hydrogen (secondary N) is 1. The van der Waals surface area contributed by atoms with Crippen molar-refractivity contribution in [2.45, 2.75) is 6.04 Å². The largest absolute Gasteiger partial charge is 0.326 e. The summed E-state index contributed by atoms with van der Waals surface area (Å²) in [6.45, 7) is -0.543. The minimum atomic E-state index is -3.13. The van der Waals surface area contributed by atoms with E-state index >= 15 is 0 Å². The number of benzene rings is 1. The summed E-state index contributed by atoms with van der Waals surface area (Å²) in [7, 11) is -3.13. The van der Waals surface area contributed by atoms with E-state index in [0.717, 1.165) is 0 Å². The molecule has 0 aliphatic carbocycles. The van der Waals surface area contributed by atoms with Crippen molar-refractivity contribution in [1.29, 1.82) is 0 Å². The average molecular weight is 472 g/mol. The summed E-state index contributed by atoms with van der Waals surface area (Å²) in [5.41, 5.74) is 0.0457. The van der Waals surface area contributed by atoms with E-state index in [1.807, 2.05) is 0 Å². The van der Waals surface area contributed by atoms with E-state index in [1.54, 1.807) is 0 Å². The van der Waals surface area contributed by atoms with Crippen LogP contribution in [0.25, 0.3) is 11.0 Å². The summed E-state index contributed by atoms with van der Waals surface area (Å²) in [5.74, 6) is -1.17. The van der Waals surface area contributed by atoms with Gasteiger partial charge in [-0.2, -0.15) is 0 Å². The Labute approximate surface area is 144 Å². The Morgan fingerprint density at radius 3 is 2.50 bits per heavy atom. The summed E-state index contributed by atoms with van der Waals surface area (Å²) in [6, 6.07) is 1.69. The van der Waals surface area contributed by atoms with Crippen molar-refractivity contribution < 1.29 is 38.9 Å². The number of fused-ring (bicyclic) bond motifs is 1. The molecular formula is C9H11N4O9PSb. The second-order valence-electron chi connectivity index (χ2n) is 3.92. The summed E-state index contributed by atoms with van der Waals surface area (Å²) >= 11 is -1.43. The zero-order chi connectivity index (χ0) is 18.3.